The molecule has 0 aliphatic carbocycles. The molecule has 0 radical (unpaired) electrons. The van der Waals surface area contributed by atoms with Crippen molar-refractivity contribution in [2.75, 3.05) is 0 Å². The van der Waals surface area contributed by atoms with Gasteiger partial charge in [-0.15, -0.1) is 0 Å². The second kappa shape index (κ2) is 8.37. The molecule has 0 fully saturated rings. The molecule has 1 atom stereocenters. The van der Waals surface area contributed by atoms with E-state index < -0.39 is 13.9 Å². The second-order valence-corrected chi connectivity index (χ2v) is 7.82. The maximum Gasteiger partial charge on any atom is 0.475 e. The normalized spacial score (nSPS) is 13.6. The first kappa shape index (κ1) is 19.5. The molecule has 0 aliphatic rings. The first-order chi connectivity index (χ1) is 10.1. The first-order valence-corrected chi connectivity index (χ1v) is 9.33. The first-order valence-electron chi connectivity index (χ1n) is 7.08. The molecular formula is C15H22BrO5P. The van der Waals surface area contributed by atoms with Crippen LogP contribution in [0.15, 0.2) is 28.7 Å². The number of halogens is 1. The minimum absolute atomic E-state index is 0.291. The van der Waals surface area contributed by atoms with E-state index in [4.69, 9.17) is 13.6 Å². The Hall–Kier alpha value is -0.520. The number of hydrogen-bond acceptors (Lipinski definition) is 5. The van der Waals surface area contributed by atoms with Crippen LogP contribution in [-0.2, 0) is 18.1 Å². The number of rotatable bonds is 8. The molecule has 1 unspecified atom stereocenters. The molecule has 1 rings (SSSR count). The molecule has 0 amide bonds. The van der Waals surface area contributed by atoms with Gasteiger partial charge in [0.15, 0.2) is 5.78 Å². The molecule has 0 aromatic heterocycles. The molecule has 1 aromatic rings. The predicted molar refractivity (Wildman–Crippen MR) is 89.1 cm³/mol. The average Bonchev–Trinajstić information content (AvgIpc) is 2.35. The Morgan fingerprint density at radius 2 is 1.59 bits per heavy atom. The summed E-state index contributed by atoms with van der Waals surface area (Å²) in [7, 11) is -3.81. The molecule has 0 saturated heterocycles. The van der Waals surface area contributed by atoms with Crippen molar-refractivity contribution >= 4 is 29.5 Å². The zero-order valence-electron chi connectivity index (χ0n) is 13.4. The maximum atomic E-state index is 12.6. The maximum absolute atomic E-state index is 12.6. The second-order valence-electron chi connectivity index (χ2n) is 5.38. The summed E-state index contributed by atoms with van der Waals surface area (Å²) in [4.78, 5) is 12.4. The standard InChI is InChI=1S/C15H22BrO5P/c1-10(2)19-22(18,20-11(3)4)21-12(5)15(17)13-7-6-8-14(16)9-13/h6-12H,1-5H3. The monoisotopic (exact) mass is 392 g/mol. The van der Waals surface area contributed by atoms with E-state index in [0.29, 0.717) is 5.56 Å². The summed E-state index contributed by atoms with van der Waals surface area (Å²) >= 11 is 3.31. The van der Waals surface area contributed by atoms with Crippen molar-refractivity contribution in [1.29, 1.82) is 0 Å². The van der Waals surface area contributed by atoms with Gasteiger partial charge in [-0.2, -0.15) is 0 Å². The fraction of sp³-hybridized carbons (Fsp3) is 0.533. The van der Waals surface area contributed by atoms with Crippen molar-refractivity contribution in [3.8, 4) is 0 Å². The van der Waals surface area contributed by atoms with Gasteiger partial charge in [0.1, 0.15) is 6.10 Å². The fourth-order valence-electron chi connectivity index (χ4n) is 1.71. The number of hydrogen-bond donors (Lipinski definition) is 0. The molecule has 22 heavy (non-hydrogen) atoms. The Morgan fingerprint density at radius 3 is 2.05 bits per heavy atom. The Balaban J connectivity index is 2.88. The van der Waals surface area contributed by atoms with E-state index in [2.05, 4.69) is 15.9 Å². The molecule has 0 saturated carbocycles. The van der Waals surface area contributed by atoms with Crippen LogP contribution < -0.4 is 0 Å². The quantitative estimate of drug-likeness (QED) is 0.460. The van der Waals surface area contributed by atoms with E-state index in [1.54, 1.807) is 45.9 Å². The molecule has 0 spiro atoms. The number of phosphoric acid groups is 1. The Kier molecular flexibility index (Phi) is 7.42. The molecule has 0 N–H and O–H groups in total. The Bertz CT molecular complexity index is 545. The predicted octanol–water partition coefficient (Wildman–Crippen LogP) is 5.00. The summed E-state index contributed by atoms with van der Waals surface area (Å²) < 4.78 is 29.3. The smallest absolute Gasteiger partial charge is 0.291 e. The lowest BCUT2D eigenvalue weighted by Crippen LogP contribution is -2.22. The molecule has 0 bridgehead atoms. The third kappa shape index (κ3) is 6.31. The van der Waals surface area contributed by atoms with Gasteiger partial charge >= 0.3 is 7.82 Å². The number of carbonyl (C=O) groups is 1. The molecule has 0 aliphatic heterocycles. The van der Waals surface area contributed by atoms with Crippen LogP contribution in [0.4, 0.5) is 0 Å². The summed E-state index contributed by atoms with van der Waals surface area (Å²) in [6.45, 7) is 8.42. The summed E-state index contributed by atoms with van der Waals surface area (Å²) in [5.74, 6) is -0.291. The summed E-state index contributed by atoms with van der Waals surface area (Å²) in [6.07, 6.45) is -1.65. The van der Waals surface area contributed by atoms with Crippen molar-refractivity contribution in [3.63, 3.8) is 0 Å². The topological polar surface area (TPSA) is 61.8 Å². The van der Waals surface area contributed by atoms with Crippen LogP contribution in [0.25, 0.3) is 0 Å². The van der Waals surface area contributed by atoms with Gasteiger partial charge in [0.25, 0.3) is 0 Å². The molecule has 7 heteroatoms. The molecule has 0 heterocycles. The number of benzene rings is 1. The summed E-state index contributed by atoms with van der Waals surface area (Å²) in [5, 5.41) is 0. The van der Waals surface area contributed by atoms with Crippen LogP contribution in [0.5, 0.6) is 0 Å². The molecule has 5 nitrogen and oxygen atoms in total. The van der Waals surface area contributed by atoms with Crippen LogP contribution in [0.3, 0.4) is 0 Å². The van der Waals surface area contributed by atoms with Gasteiger partial charge in [-0.3, -0.25) is 18.4 Å². The van der Waals surface area contributed by atoms with E-state index in [1.807, 2.05) is 6.07 Å². The van der Waals surface area contributed by atoms with Crippen LogP contribution in [0, 0.1) is 0 Å². The number of carbonyl (C=O) groups excluding carboxylic acids is 1. The van der Waals surface area contributed by atoms with E-state index in [9.17, 15) is 9.36 Å². The Labute approximate surface area is 140 Å². The average molecular weight is 393 g/mol. The third-order valence-electron chi connectivity index (χ3n) is 2.45. The van der Waals surface area contributed by atoms with Gasteiger partial charge in [0.2, 0.25) is 0 Å². The van der Waals surface area contributed by atoms with E-state index in [1.165, 1.54) is 6.92 Å². The number of Topliss-reactive ketones (excluding diaryl/α,β-unsaturated/α-hetero) is 1. The lowest BCUT2D eigenvalue weighted by atomic mass is 10.1. The summed E-state index contributed by atoms with van der Waals surface area (Å²) in [5.41, 5.74) is 0.461. The van der Waals surface area contributed by atoms with Crippen LogP contribution in [0.1, 0.15) is 45.0 Å². The van der Waals surface area contributed by atoms with Gasteiger partial charge in [-0.1, -0.05) is 28.1 Å². The lowest BCUT2D eigenvalue weighted by Gasteiger charge is -2.24. The highest BCUT2D eigenvalue weighted by molar-refractivity contribution is 9.10. The largest absolute Gasteiger partial charge is 0.475 e. The fourth-order valence-corrected chi connectivity index (χ4v) is 3.77. The number of ketones is 1. The highest BCUT2D eigenvalue weighted by atomic mass is 79.9. The zero-order chi connectivity index (χ0) is 16.9. The minimum Gasteiger partial charge on any atom is -0.291 e. The zero-order valence-corrected chi connectivity index (χ0v) is 15.9. The van der Waals surface area contributed by atoms with Crippen molar-refractivity contribution < 1.29 is 22.9 Å². The van der Waals surface area contributed by atoms with Gasteiger partial charge in [0, 0.05) is 10.0 Å². The lowest BCUT2D eigenvalue weighted by molar-refractivity contribution is 0.0445. The third-order valence-corrected chi connectivity index (χ3v) is 4.87. The molecule has 1 aromatic carbocycles. The van der Waals surface area contributed by atoms with Gasteiger partial charge in [0.05, 0.1) is 12.2 Å². The highest BCUT2D eigenvalue weighted by Crippen LogP contribution is 2.52. The van der Waals surface area contributed by atoms with E-state index >= 15 is 0 Å². The van der Waals surface area contributed by atoms with Crippen molar-refractivity contribution in [2.45, 2.75) is 52.9 Å². The molecular weight excluding hydrogens is 371 g/mol. The molecule has 124 valence electrons. The van der Waals surface area contributed by atoms with Crippen LogP contribution in [0.2, 0.25) is 0 Å². The Morgan fingerprint density at radius 1 is 1.05 bits per heavy atom. The highest BCUT2D eigenvalue weighted by Gasteiger charge is 2.34. The van der Waals surface area contributed by atoms with Crippen LogP contribution >= 0.6 is 23.8 Å². The number of phosphoric ester groups is 1. The van der Waals surface area contributed by atoms with Crippen molar-refractivity contribution in [2.24, 2.45) is 0 Å². The van der Waals surface area contributed by atoms with Gasteiger partial charge < -0.3 is 0 Å². The SMILES string of the molecule is CC(C)OP(=O)(OC(C)C)OC(C)C(=O)c1cccc(Br)c1. The summed E-state index contributed by atoms with van der Waals surface area (Å²) in [6, 6.07) is 6.92. The van der Waals surface area contributed by atoms with Crippen molar-refractivity contribution in [3.05, 3.63) is 34.3 Å². The van der Waals surface area contributed by atoms with Crippen LogP contribution in [-0.4, -0.2) is 24.1 Å². The minimum atomic E-state index is -3.81. The van der Waals surface area contributed by atoms with E-state index in [-0.39, 0.29) is 18.0 Å². The van der Waals surface area contributed by atoms with E-state index in [0.717, 1.165) is 4.47 Å². The van der Waals surface area contributed by atoms with Gasteiger partial charge in [-0.05, 0) is 46.8 Å². The van der Waals surface area contributed by atoms with Crippen molar-refractivity contribution in [1.82, 2.24) is 0 Å². The van der Waals surface area contributed by atoms with Gasteiger partial charge in [-0.25, -0.2) is 4.57 Å².